The Bertz CT molecular complexity index is 390. The lowest BCUT2D eigenvalue weighted by Gasteiger charge is -2.26. The summed E-state index contributed by atoms with van der Waals surface area (Å²) in [4.78, 5) is 12.2. The van der Waals surface area contributed by atoms with Crippen molar-refractivity contribution in [2.75, 3.05) is 13.2 Å². The Morgan fingerprint density at radius 3 is 2.38 bits per heavy atom. The van der Waals surface area contributed by atoms with Crippen LogP contribution in [0.15, 0.2) is 0 Å². The number of hydrogen-bond acceptors (Lipinski definition) is 3. The van der Waals surface area contributed by atoms with E-state index in [2.05, 4.69) is 5.32 Å². The van der Waals surface area contributed by atoms with Crippen molar-refractivity contribution in [1.82, 2.24) is 5.32 Å². The molecule has 4 aliphatic rings. The third-order valence-electron chi connectivity index (χ3n) is 6.51. The first-order valence-corrected chi connectivity index (χ1v) is 8.89. The van der Waals surface area contributed by atoms with Crippen molar-refractivity contribution in [3.63, 3.8) is 0 Å². The largest absolute Gasteiger partial charge is 0.376 e. The zero-order valence-electron chi connectivity index (χ0n) is 12.8. The van der Waals surface area contributed by atoms with Gasteiger partial charge in [-0.05, 0) is 68.6 Å². The molecule has 4 fully saturated rings. The molecule has 4 unspecified atom stereocenters. The predicted molar refractivity (Wildman–Crippen MR) is 80.5 cm³/mol. The lowest BCUT2D eigenvalue weighted by Crippen LogP contribution is -2.34. The van der Waals surface area contributed by atoms with Crippen molar-refractivity contribution in [2.45, 2.75) is 57.1 Å². The Kier molecular flexibility index (Phi) is 3.70. The maximum atomic E-state index is 12.2. The predicted octanol–water partition coefficient (Wildman–Crippen LogP) is 1.68. The highest BCUT2D eigenvalue weighted by Crippen LogP contribution is 2.69. The molecule has 0 radical (unpaired) electrons. The number of carbonyl (C=O) groups is 1. The van der Waals surface area contributed by atoms with Crippen LogP contribution in [0.2, 0.25) is 0 Å². The van der Waals surface area contributed by atoms with Crippen LogP contribution in [-0.4, -0.2) is 31.2 Å². The summed E-state index contributed by atoms with van der Waals surface area (Å²) in [5, 5.41) is 3.10. The fourth-order valence-corrected chi connectivity index (χ4v) is 5.45. The van der Waals surface area contributed by atoms with Gasteiger partial charge in [0.25, 0.3) is 0 Å². The Hall–Kier alpha value is -0.610. The molecule has 4 saturated carbocycles. The number of rotatable bonds is 5. The molecule has 0 aromatic heterocycles. The van der Waals surface area contributed by atoms with E-state index in [-0.39, 0.29) is 0 Å². The number of ether oxygens (including phenoxy) is 1. The molecule has 0 aromatic rings. The van der Waals surface area contributed by atoms with Gasteiger partial charge in [0.15, 0.2) is 0 Å². The van der Waals surface area contributed by atoms with E-state index >= 15 is 0 Å². The van der Waals surface area contributed by atoms with Gasteiger partial charge in [0.2, 0.25) is 5.91 Å². The van der Waals surface area contributed by atoms with Crippen molar-refractivity contribution in [3.8, 4) is 0 Å². The third-order valence-corrected chi connectivity index (χ3v) is 6.51. The summed E-state index contributed by atoms with van der Waals surface area (Å²) in [5.41, 5.74) is 5.89. The lowest BCUT2D eigenvalue weighted by atomic mass is 9.94. The van der Waals surface area contributed by atoms with Gasteiger partial charge < -0.3 is 15.8 Å². The van der Waals surface area contributed by atoms with Crippen LogP contribution in [-0.2, 0) is 9.53 Å². The molecule has 0 heterocycles. The molecule has 118 valence electrons. The summed E-state index contributed by atoms with van der Waals surface area (Å²) >= 11 is 0. The van der Waals surface area contributed by atoms with Gasteiger partial charge in [0.1, 0.15) is 0 Å². The van der Waals surface area contributed by atoms with E-state index < -0.39 is 0 Å². The maximum absolute atomic E-state index is 12.2. The van der Waals surface area contributed by atoms with E-state index in [0.29, 0.717) is 37.1 Å². The molecule has 4 nitrogen and oxygen atoms in total. The summed E-state index contributed by atoms with van der Waals surface area (Å²) in [6.07, 6.45) is 8.82. The molecule has 4 atom stereocenters. The number of amides is 1. The minimum atomic E-state index is 0.302. The molecule has 0 aromatic carbocycles. The number of fused-ring (bicyclic) bond motifs is 5. The number of nitrogens with one attached hydrogen (secondary N) is 1. The van der Waals surface area contributed by atoms with Crippen LogP contribution in [0, 0.1) is 29.6 Å². The summed E-state index contributed by atoms with van der Waals surface area (Å²) in [5.74, 6) is 3.88. The normalized spacial score (nSPS) is 47.2. The highest BCUT2D eigenvalue weighted by Gasteiger charge is 2.67. The minimum Gasteiger partial charge on any atom is -0.376 e. The first kappa shape index (κ1) is 14.0. The van der Waals surface area contributed by atoms with Crippen molar-refractivity contribution >= 4 is 5.91 Å². The molecule has 1 amide bonds. The zero-order chi connectivity index (χ0) is 14.4. The van der Waals surface area contributed by atoms with Gasteiger partial charge in [0, 0.05) is 18.5 Å². The average molecular weight is 292 g/mol. The van der Waals surface area contributed by atoms with E-state index in [4.69, 9.17) is 10.5 Å². The topological polar surface area (TPSA) is 64.3 Å². The Morgan fingerprint density at radius 1 is 1.05 bits per heavy atom. The number of nitrogens with two attached hydrogens (primary N) is 1. The molecule has 3 N–H and O–H groups in total. The SMILES string of the molecule is NC1CCC(OCCNC(=O)C2C3C4CCC(C4)C23)CC1. The van der Waals surface area contributed by atoms with Crippen LogP contribution < -0.4 is 11.1 Å². The molecule has 4 rings (SSSR count). The Labute approximate surface area is 127 Å². The molecule has 0 aliphatic heterocycles. The summed E-state index contributed by atoms with van der Waals surface area (Å²) in [7, 11) is 0. The van der Waals surface area contributed by atoms with E-state index in [1.54, 1.807) is 0 Å². The van der Waals surface area contributed by atoms with Crippen LogP contribution in [0.3, 0.4) is 0 Å². The monoisotopic (exact) mass is 292 g/mol. The molecular formula is C17H28N2O2. The number of hydrogen-bond donors (Lipinski definition) is 2. The van der Waals surface area contributed by atoms with E-state index in [0.717, 1.165) is 49.4 Å². The van der Waals surface area contributed by atoms with Crippen LogP contribution in [0.4, 0.5) is 0 Å². The van der Waals surface area contributed by atoms with Gasteiger partial charge in [-0.25, -0.2) is 0 Å². The second-order valence-electron chi connectivity index (χ2n) is 7.71. The van der Waals surface area contributed by atoms with Crippen molar-refractivity contribution < 1.29 is 9.53 Å². The Morgan fingerprint density at radius 2 is 1.71 bits per heavy atom. The van der Waals surface area contributed by atoms with Crippen molar-refractivity contribution in [2.24, 2.45) is 35.3 Å². The van der Waals surface area contributed by atoms with E-state index in [1.165, 1.54) is 19.3 Å². The van der Waals surface area contributed by atoms with Gasteiger partial charge >= 0.3 is 0 Å². The zero-order valence-corrected chi connectivity index (χ0v) is 12.8. The van der Waals surface area contributed by atoms with E-state index in [1.807, 2.05) is 0 Å². The molecule has 21 heavy (non-hydrogen) atoms. The smallest absolute Gasteiger partial charge is 0.223 e. The lowest BCUT2D eigenvalue weighted by molar-refractivity contribution is -0.123. The second kappa shape index (κ2) is 5.54. The van der Waals surface area contributed by atoms with Crippen LogP contribution in [0.25, 0.3) is 0 Å². The fraction of sp³-hybridized carbons (Fsp3) is 0.941. The standard InChI is InChI=1S/C17H28N2O2/c18-12-3-5-13(6-4-12)21-8-7-19-17(20)16-14-10-1-2-11(9-10)15(14)16/h10-16H,1-9,18H2,(H,19,20). The van der Waals surface area contributed by atoms with Gasteiger partial charge in [-0.2, -0.15) is 0 Å². The minimum absolute atomic E-state index is 0.302. The molecule has 2 bridgehead atoms. The quantitative estimate of drug-likeness (QED) is 0.758. The Balaban J connectivity index is 1.13. The number of carbonyl (C=O) groups excluding carboxylic acids is 1. The highest BCUT2D eigenvalue weighted by molar-refractivity contribution is 5.82. The maximum Gasteiger partial charge on any atom is 0.223 e. The highest BCUT2D eigenvalue weighted by atomic mass is 16.5. The average Bonchev–Trinajstić information content (AvgIpc) is 2.93. The molecule has 4 aliphatic carbocycles. The first-order valence-electron chi connectivity index (χ1n) is 8.89. The third kappa shape index (κ3) is 2.61. The first-order chi connectivity index (χ1) is 10.2. The fourth-order valence-electron chi connectivity index (χ4n) is 5.45. The van der Waals surface area contributed by atoms with E-state index in [9.17, 15) is 4.79 Å². The van der Waals surface area contributed by atoms with Gasteiger partial charge in [-0.15, -0.1) is 0 Å². The molecule has 0 spiro atoms. The molecular weight excluding hydrogens is 264 g/mol. The summed E-state index contributed by atoms with van der Waals surface area (Å²) in [6.45, 7) is 1.33. The van der Waals surface area contributed by atoms with Crippen LogP contribution in [0.5, 0.6) is 0 Å². The van der Waals surface area contributed by atoms with Crippen LogP contribution >= 0.6 is 0 Å². The molecule has 0 saturated heterocycles. The van der Waals surface area contributed by atoms with Crippen molar-refractivity contribution in [3.05, 3.63) is 0 Å². The second-order valence-corrected chi connectivity index (χ2v) is 7.71. The van der Waals surface area contributed by atoms with Gasteiger partial charge in [0.05, 0.1) is 12.7 Å². The van der Waals surface area contributed by atoms with Crippen LogP contribution in [0.1, 0.15) is 44.9 Å². The van der Waals surface area contributed by atoms with Gasteiger partial charge in [-0.1, -0.05) is 0 Å². The summed E-state index contributed by atoms with van der Waals surface area (Å²) < 4.78 is 5.86. The summed E-state index contributed by atoms with van der Waals surface area (Å²) in [6, 6.07) is 0.370. The molecule has 4 heteroatoms. The van der Waals surface area contributed by atoms with Crippen molar-refractivity contribution in [1.29, 1.82) is 0 Å². The van der Waals surface area contributed by atoms with Gasteiger partial charge in [-0.3, -0.25) is 4.79 Å².